The number of hydrogen-bond acceptors (Lipinski definition) is 5. The van der Waals surface area contributed by atoms with Gasteiger partial charge in [0, 0.05) is 6.07 Å². The monoisotopic (exact) mass is 388 g/mol. The maximum Gasteiger partial charge on any atom is 0.422 e. The van der Waals surface area contributed by atoms with Crippen molar-refractivity contribution in [3.05, 3.63) is 56.6 Å². The summed E-state index contributed by atoms with van der Waals surface area (Å²) in [6.45, 7) is -1.74. The summed E-state index contributed by atoms with van der Waals surface area (Å²) in [7, 11) is 0. The van der Waals surface area contributed by atoms with E-state index < -0.39 is 40.5 Å². The van der Waals surface area contributed by atoms with Crippen LogP contribution in [0.4, 0.5) is 23.2 Å². The molecule has 1 aromatic heterocycles. The van der Waals surface area contributed by atoms with Gasteiger partial charge in [-0.1, -0.05) is 23.7 Å². The number of H-pyrrole nitrogens is 1. The normalized spacial score (nSPS) is 11.7. The first-order valence-electron chi connectivity index (χ1n) is 6.95. The second kappa shape index (κ2) is 6.41. The minimum Gasteiger partial charge on any atom is -0.482 e. The number of fused-ring (bicyclic) bond motifs is 1. The van der Waals surface area contributed by atoms with Gasteiger partial charge < -0.3 is 4.74 Å². The van der Waals surface area contributed by atoms with E-state index in [4.69, 9.17) is 4.74 Å². The van der Waals surface area contributed by atoms with Crippen LogP contribution in [0.3, 0.4) is 0 Å². The SMILES string of the molecule is O=c1[nH]sc2cc([N+](=O)[O-])c(-c3ccc(F)cc3)c(OCC(F)(F)F)c12. The van der Waals surface area contributed by atoms with E-state index in [1.165, 1.54) is 0 Å². The number of aromatic nitrogens is 1. The van der Waals surface area contributed by atoms with Gasteiger partial charge in [-0.3, -0.25) is 19.3 Å². The third-order valence-corrected chi connectivity index (χ3v) is 4.24. The van der Waals surface area contributed by atoms with Crippen LogP contribution in [-0.2, 0) is 0 Å². The minimum absolute atomic E-state index is 0.0442. The van der Waals surface area contributed by atoms with Crippen LogP contribution in [0, 0.1) is 15.9 Å². The molecule has 0 atom stereocenters. The van der Waals surface area contributed by atoms with Crippen molar-refractivity contribution in [1.29, 1.82) is 0 Å². The number of nitro groups is 1. The summed E-state index contributed by atoms with van der Waals surface area (Å²) in [4.78, 5) is 22.6. The molecule has 6 nitrogen and oxygen atoms in total. The van der Waals surface area contributed by atoms with E-state index in [0.29, 0.717) is 0 Å². The summed E-state index contributed by atoms with van der Waals surface area (Å²) in [5.74, 6) is -1.20. The Morgan fingerprint density at radius 1 is 1.23 bits per heavy atom. The van der Waals surface area contributed by atoms with Gasteiger partial charge in [0.05, 0.1) is 9.62 Å². The van der Waals surface area contributed by atoms with Crippen LogP contribution < -0.4 is 10.3 Å². The standard InChI is InChI=1S/C15H8F4N2O4S/c16-8-3-1-7(2-4-8)11-9(21(23)24)5-10-12(14(22)20-26-10)13(11)25-6-15(17,18)19/h1-5H,6H2,(H,20,22). The molecule has 0 aliphatic heterocycles. The third-order valence-electron chi connectivity index (χ3n) is 3.41. The molecule has 0 amide bonds. The average Bonchev–Trinajstić information content (AvgIpc) is 2.93. The first-order valence-corrected chi connectivity index (χ1v) is 7.77. The molecule has 0 aliphatic rings. The van der Waals surface area contributed by atoms with E-state index in [0.717, 1.165) is 41.9 Å². The Bertz CT molecular complexity index is 1040. The van der Waals surface area contributed by atoms with E-state index >= 15 is 0 Å². The highest BCUT2D eigenvalue weighted by Crippen LogP contribution is 2.44. The van der Waals surface area contributed by atoms with Crippen LogP contribution in [0.25, 0.3) is 21.2 Å². The predicted octanol–water partition coefficient (Wildman–Crippen LogP) is 4.25. The van der Waals surface area contributed by atoms with Gasteiger partial charge >= 0.3 is 6.18 Å². The third kappa shape index (κ3) is 3.38. The van der Waals surface area contributed by atoms with Crippen molar-refractivity contribution in [2.24, 2.45) is 0 Å². The quantitative estimate of drug-likeness (QED) is 0.411. The Morgan fingerprint density at radius 2 is 1.88 bits per heavy atom. The van der Waals surface area contributed by atoms with Crippen molar-refractivity contribution in [3.63, 3.8) is 0 Å². The smallest absolute Gasteiger partial charge is 0.422 e. The molecule has 11 heteroatoms. The lowest BCUT2D eigenvalue weighted by molar-refractivity contribution is -0.384. The summed E-state index contributed by atoms with van der Waals surface area (Å²) >= 11 is 0.736. The first-order chi connectivity index (χ1) is 12.2. The molecule has 0 fully saturated rings. The summed E-state index contributed by atoms with van der Waals surface area (Å²) in [5, 5.41) is 11.2. The second-order valence-electron chi connectivity index (χ2n) is 5.17. The number of aromatic amines is 1. The van der Waals surface area contributed by atoms with Gasteiger partial charge in [0.15, 0.2) is 6.61 Å². The van der Waals surface area contributed by atoms with Crippen molar-refractivity contribution in [2.75, 3.05) is 6.61 Å². The summed E-state index contributed by atoms with van der Waals surface area (Å²) in [5.41, 5.74) is -1.57. The molecule has 0 aliphatic carbocycles. The number of hydrogen-bond donors (Lipinski definition) is 1. The van der Waals surface area contributed by atoms with Crippen LogP contribution in [0.1, 0.15) is 0 Å². The topological polar surface area (TPSA) is 85.2 Å². The number of alkyl halides is 3. The van der Waals surface area contributed by atoms with Crippen molar-refractivity contribution in [2.45, 2.75) is 6.18 Å². The van der Waals surface area contributed by atoms with E-state index in [9.17, 15) is 32.5 Å². The van der Waals surface area contributed by atoms with E-state index in [1.54, 1.807) is 0 Å². The molecule has 3 rings (SSSR count). The molecule has 0 unspecified atom stereocenters. The molecule has 136 valence electrons. The lowest BCUT2D eigenvalue weighted by Gasteiger charge is -2.14. The van der Waals surface area contributed by atoms with E-state index in [2.05, 4.69) is 4.37 Å². The summed E-state index contributed by atoms with van der Waals surface area (Å²) < 4.78 is 58.2. The van der Waals surface area contributed by atoms with Crippen LogP contribution >= 0.6 is 11.5 Å². The largest absolute Gasteiger partial charge is 0.482 e. The Labute approximate surface area is 145 Å². The molecular formula is C15H8F4N2O4S. The highest BCUT2D eigenvalue weighted by molar-refractivity contribution is 7.13. The molecular weight excluding hydrogens is 380 g/mol. The predicted molar refractivity (Wildman–Crippen MR) is 86.0 cm³/mol. The Morgan fingerprint density at radius 3 is 2.46 bits per heavy atom. The fourth-order valence-electron chi connectivity index (χ4n) is 2.41. The number of benzene rings is 2. The minimum atomic E-state index is -4.72. The molecule has 0 spiro atoms. The molecule has 26 heavy (non-hydrogen) atoms. The fourth-order valence-corrected chi connectivity index (χ4v) is 3.17. The molecule has 1 heterocycles. The van der Waals surface area contributed by atoms with E-state index in [-0.39, 0.29) is 21.2 Å². The van der Waals surface area contributed by atoms with Gasteiger partial charge in [-0.2, -0.15) is 13.2 Å². The lowest BCUT2D eigenvalue weighted by Crippen LogP contribution is -2.20. The van der Waals surface area contributed by atoms with Crippen LogP contribution in [0.15, 0.2) is 35.1 Å². The number of rotatable bonds is 4. The van der Waals surface area contributed by atoms with Crippen molar-refractivity contribution in [3.8, 4) is 16.9 Å². The lowest BCUT2D eigenvalue weighted by atomic mass is 10.0. The van der Waals surface area contributed by atoms with Gasteiger partial charge in [0.2, 0.25) is 0 Å². The molecule has 2 aromatic carbocycles. The molecule has 1 N–H and O–H groups in total. The molecule has 0 radical (unpaired) electrons. The molecule has 0 bridgehead atoms. The van der Waals surface area contributed by atoms with Gasteiger partial charge in [0.25, 0.3) is 11.2 Å². The zero-order valence-electron chi connectivity index (χ0n) is 12.6. The van der Waals surface area contributed by atoms with Crippen LogP contribution in [0.5, 0.6) is 5.75 Å². The highest BCUT2D eigenvalue weighted by Gasteiger charge is 2.32. The zero-order valence-corrected chi connectivity index (χ0v) is 13.4. The van der Waals surface area contributed by atoms with Gasteiger partial charge in [-0.25, -0.2) is 4.39 Å². The Kier molecular flexibility index (Phi) is 4.40. The van der Waals surface area contributed by atoms with Crippen molar-refractivity contribution >= 4 is 27.3 Å². The van der Waals surface area contributed by atoms with Crippen molar-refractivity contribution < 1.29 is 27.2 Å². The number of halogens is 4. The van der Waals surface area contributed by atoms with Crippen LogP contribution in [-0.4, -0.2) is 22.1 Å². The van der Waals surface area contributed by atoms with Crippen LogP contribution in [0.2, 0.25) is 0 Å². The maximum absolute atomic E-state index is 13.2. The Hall–Kier alpha value is -2.95. The zero-order chi connectivity index (χ0) is 19.1. The average molecular weight is 388 g/mol. The number of nitro benzene ring substituents is 1. The number of ether oxygens (including phenoxy) is 1. The number of nitrogens with zero attached hydrogens (tertiary/aromatic N) is 1. The van der Waals surface area contributed by atoms with Gasteiger partial charge in [-0.15, -0.1) is 0 Å². The summed E-state index contributed by atoms with van der Waals surface area (Å²) in [6, 6.07) is 5.37. The Balaban J connectivity index is 2.35. The number of nitrogens with one attached hydrogen (secondary N) is 1. The summed E-state index contributed by atoms with van der Waals surface area (Å²) in [6.07, 6.45) is -4.72. The molecule has 0 saturated carbocycles. The molecule has 3 aromatic rings. The van der Waals surface area contributed by atoms with Crippen molar-refractivity contribution in [1.82, 2.24) is 4.37 Å². The maximum atomic E-state index is 13.2. The fraction of sp³-hybridized carbons (Fsp3) is 0.133. The first kappa shape index (κ1) is 17.9. The van der Waals surface area contributed by atoms with E-state index in [1.807, 2.05) is 0 Å². The van der Waals surface area contributed by atoms with Gasteiger partial charge in [0.1, 0.15) is 22.5 Å². The highest BCUT2D eigenvalue weighted by atomic mass is 32.1. The second-order valence-corrected chi connectivity index (χ2v) is 6.02. The van der Waals surface area contributed by atoms with Gasteiger partial charge in [-0.05, 0) is 17.7 Å². The molecule has 0 saturated heterocycles.